The summed E-state index contributed by atoms with van der Waals surface area (Å²) >= 11 is 0. The number of rotatable bonds is 6. The molecule has 3 heterocycles. The lowest BCUT2D eigenvalue weighted by molar-refractivity contribution is -0.151. The van der Waals surface area contributed by atoms with Crippen LogP contribution in [0.2, 0.25) is 0 Å². The Hall–Kier alpha value is -2.01. The highest BCUT2D eigenvalue weighted by atomic mass is 32.2. The van der Waals surface area contributed by atoms with Gasteiger partial charge in [0.1, 0.15) is 0 Å². The van der Waals surface area contributed by atoms with Crippen LogP contribution in [0, 0.1) is 0 Å². The fourth-order valence-electron chi connectivity index (χ4n) is 5.38. The van der Waals surface area contributed by atoms with Gasteiger partial charge in [-0.1, -0.05) is 12.1 Å². The van der Waals surface area contributed by atoms with Crippen LogP contribution in [-0.4, -0.2) is 103 Å². The summed E-state index contributed by atoms with van der Waals surface area (Å²) in [6.07, 6.45) is 1.78. The quantitative estimate of drug-likeness (QED) is 0.581. The summed E-state index contributed by atoms with van der Waals surface area (Å²) in [6.45, 7) is 5.95. The first-order valence-corrected chi connectivity index (χ1v) is 12.9. The summed E-state index contributed by atoms with van der Waals surface area (Å²) in [5.41, 5.74) is 0.876. The predicted octanol–water partition coefficient (Wildman–Crippen LogP) is -0.552. The number of carbonyl (C=O) groups is 2. The molecule has 1 aromatic rings. The van der Waals surface area contributed by atoms with Crippen LogP contribution in [0.15, 0.2) is 29.2 Å². The van der Waals surface area contributed by atoms with Crippen molar-refractivity contribution in [2.24, 2.45) is 0 Å². The number of hydrogen-bond acceptors (Lipinski definition) is 7. The maximum atomic E-state index is 12.8. The fraction of sp³-hybridized carbons (Fsp3) is 0.636. The van der Waals surface area contributed by atoms with Gasteiger partial charge in [0.25, 0.3) is 0 Å². The Morgan fingerprint density at radius 3 is 2.47 bits per heavy atom. The Morgan fingerprint density at radius 2 is 1.84 bits per heavy atom. The van der Waals surface area contributed by atoms with E-state index in [0.29, 0.717) is 44.0 Å². The molecule has 3 fully saturated rings. The van der Waals surface area contributed by atoms with Gasteiger partial charge in [-0.3, -0.25) is 19.4 Å². The molecule has 0 bridgehead atoms. The zero-order chi connectivity index (χ0) is 23.1. The van der Waals surface area contributed by atoms with Gasteiger partial charge >= 0.3 is 0 Å². The Morgan fingerprint density at radius 1 is 1.16 bits per heavy atom. The molecule has 0 unspecified atom stereocenters. The van der Waals surface area contributed by atoms with Crippen molar-refractivity contribution in [3.8, 4) is 0 Å². The molecule has 1 aromatic carbocycles. The van der Waals surface area contributed by atoms with E-state index in [4.69, 9.17) is 0 Å². The van der Waals surface area contributed by atoms with E-state index in [1.807, 2.05) is 17.0 Å². The topological polar surface area (TPSA) is 110 Å². The molecule has 0 saturated carbocycles. The minimum Gasteiger partial charge on any atom is -0.392 e. The number of nitrogens with one attached hydrogen (secondary N) is 1. The number of hydrogen-bond donors (Lipinski definition) is 2. The summed E-state index contributed by atoms with van der Waals surface area (Å²) in [5, 5.41) is 13.0. The number of β-amino-alcohol motifs (C(OH)–C–C–N with tert-alkyl or cyclic N) is 1. The minimum absolute atomic E-state index is 0.0361. The molecule has 1 spiro atoms. The van der Waals surface area contributed by atoms with Gasteiger partial charge in [-0.25, -0.2) is 8.42 Å². The van der Waals surface area contributed by atoms with Crippen LogP contribution in [0.25, 0.3) is 0 Å². The van der Waals surface area contributed by atoms with Crippen LogP contribution >= 0.6 is 0 Å². The Labute approximate surface area is 189 Å². The highest BCUT2D eigenvalue weighted by molar-refractivity contribution is 7.90. The van der Waals surface area contributed by atoms with E-state index in [0.717, 1.165) is 18.7 Å². The second-order valence-electron chi connectivity index (χ2n) is 9.49. The van der Waals surface area contributed by atoms with E-state index in [-0.39, 0.29) is 35.9 Å². The minimum atomic E-state index is -3.21. The van der Waals surface area contributed by atoms with Gasteiger partial charge in [-0.2, -0.15) is 0 Å². The van der Waals surface area contributed by atoms with E-state index in [9.17, 15) is 23.1 Å². The molecule has 9 nitrogen and oxygen atoms in total. The van der Waals surface area contributed by atoms with Crippen LogP contribution in [0.1, 0.15) is 25.3 Å². The van der Waals surface area contributed by atoms with E-state index in [1.54, 1.807) is 12.1 Å². The molecule has 0 radical (unpaired) electrons. The Bertz CT molecular complexity index is 975. The van der Waals surface area contributed by atoms with Gasteiger partial charge in [0.2, 0.25) is 11.8 Å². The standard InChI is InChI=1S/C22H32N4O5S/c1-16(27)23-8-7-21(29)25-11-18-9-19(28)12-26(18)22(15-25)13-24(14-22)10-17-3-5-20(6-4-17)32(2,30)31/h3-6,18-19,28H,7-15H2,1-2H3,(H,23,27)/t18-,19+/m0/s1. The van der Waals surface area contributed by atoms with E-state index in [1.165, 1.54) is 13.2 Å². The van der Waals surface area contributed by atoms with E-state index >= 15 is 0 Å². The number of piperazine rings is 1. The zero-order valence-electron chi connectivity index (χ0n) is 18.7. The first kappa shape index (κ1) is 23.2. The number of fused-ring (bicyclic) bond motifs is 2. The van der Waals surface area contributed by atoms with Crippen LogP contribution in [0.4, 0.5) is 0 Å². The van der Waals surface area contributed by atoms with Crippen LogP contribution in [-0.2, 0) is 26.0 Å². The molecular weight excluding hydrogens is 432 g/mol. The molecule has 0 aliphatic carbocycles. The van der Waals surface area contributed by atoms with Gasteiger partial charge < -0.3 is 15.3 Å². The van der Waals surface area contributed by atoms with Crippen molar-refractivity contribution in [3.63, 3.8) is 0 Å². The predicted molar refractivity (Wildman–Crippen MR) is 119 cm³/mol. The summed E-state index contributed by atoms with van der Waals surface area (Å²) < 4.78 is 23.3. The SMILES string of the molecule is CC(=O)NCCC(=O)N1C[C@@H]2C[C@@H](O)CN2C2(CN(Cc3ccc(S(C)(=O)=O)cc3)C2)C1. The van der Waals surface area contributed by atoms with Crippen molar-refractivity contribution >= 4 is 21.7 Å². The van der Waals surface area contributed by atoms with Crippen molar-refractivity contribution in [1.82, 2.24) is 20.0 Å². The summed E-state index contributed by atoms with van der Waals surface area (Å²) in [7, 11) is -3.21. The largest absolute Gasteiger partial charge is 0.392 e. The second kappa shape index (κ2) is 8.74. The lowest BCUT2D eigenvalue weighted by Gasteiger charge is -2.61. The highest BCUT2D eigenvalue weighted by Crippen LogP contribution is 2.39. The van der Waals surface area contributed by atoms with Crippen molar-refractivity contribution < 1.29 is 23.1 Å². The van der Waals surface area contributed by atoms with Gasteiger partial charge in [0.15, 0.2) is 9.84 Å². The van der Waals surface area contributed by atoms with Crippen molar-refractivity contribution in [2.45, 2.75) is 48.9 Å². The molecule has 32 heavy (non-hydrogen) atoms. The number of nitrogens with zero attached hydrogens (tertiary/aromatic N) is 3. The summed E-state index contributed by atoms with van der Waals surface area (Å²) in [6, 6.07) is 7.14. The molecule has 3 aliphatic heterocycles. The molecule has 176 valence electrons. The van der Waals surface area contributed by atoms with E-state index in [2.05, 4.69) is 15.1 Å². The maximum absolute atomic E-state index is 12.8. The maximum Gasteiger partial charge on any atom is 0.224 e. The van der Waals surface area contributed by atoms with Gasteiger partial charge in [-0.05, 0) is 24.1 Å². The van der Waals surface area contributed by atoms with Gasteiger partial charge in [0, 0.05) is 71.5 Å². The number of carbonyl (C=O) groups excluding carboxylic acids is 2. The molecule has 10 heteroatoms. The number of aliphatic hydroxyl groups is 1. The normalized spacial score (nSPS) is 25.4. The second-order valence-corrected chi connectivity index (χ2v) is 11.5. The van der Waals surface area contributed by atoms with Crippen molar-refractivity contribution in [2.75, 3.05) is 45.5 Å². The fourth-order valence-corrected chi connectivity index (χ4v) is 6.01. The molecular formula is C22H32N4O5S. The third-order valence-corrected chi connectivity index (χ3v) is 7.91. The number of likely N-dealkylation sites (tertiary alicyclic amines) is 1. The molecule has 2 N–H and O–H groups in total. The van der Waals surface area contributed by atoms with Crippen molar-refractivity contribution in [1.29, 1.82) is 0 Å². The Balaban J connectivity index is 1.40. The van der Waals surface area contributed by atoms with E-state index < -0.39 is 9.84 Å². The first-order chi connectivity index (χ1) is 15.1. The molecule has 2 atom stereocenters. The molecule has 0 aromatic heterocycles. The number of aliphatic hydroxyl groups excluding tert-OH is 1. The van der Waals surface area contributed by atoms with Gasteiger partial charge in [0.05, 0.1) is 16.5 Å². The average molecular weight is 465 g/mol. The zero-order valence-corrected chi connectivity index (χ0v) is 19.5. The first-order valence-electron chi connectivity index (χ1n) is 11.0. The van der Waals surface area contributed by atoms with Crippen molar-refractivity contribution in [3.05, 3.63) is 29.8 Å². The van der Waals surface area contributed by atoms with Crippen LogP contribution < -0.4 is 5.32 Å². The van der Waals surface area contributed by atoms with Crippen LogP contribution in [0.3, 0.4) is 0 Å². The molecule has 3 saturated heterocycles. The lowest BCUT2D eigenvalue weighted by atomic mass is 9.83. The summed E-state index contributed by atoms with van der Waals surface area (Å²) in [4.78, 5) is 30.8. The third-order valence-electron chi connectivity index (χ3n) is 6.78. The third kappa shape index (κ3) is 4.83. The average Bonchev–Trinajstić information content (AvgIpc) is 3.06. The summed E-state index contributed by atoms with van der Waals surface area (Å²) in [5.74, 6) is -0.105. The number of amides is 2. The number of benzene rings is 1. The smallest absolute Gasteiger partial charge is 0.224 e. The monoisotopic (exact) mass is 464 g/mol. The molecule has 4 rings (SSSR count). The number of sulfone groups is 1. The Kier molecular flexibility index (Phi) is 6.32. The lowest BCUT2D eigenvalue weighted by Crippen LogP contribution is -2.78. The van der Waals surface area contributed by atoms with Gasteiger partial charge in [-0.15, -0.1) is 0 Å². The highest BCUT2D eigenvalue weighted by Gasteiger charge is 2.56. The van der Waals surface area contributed by atoms with Crippen LogP contribution in [0.5, 0.6) is 0 Å². The molecule has 3 aliphatic rings. The molecule has 2 amide bonds.